The molecule has 1 saturated heterocycles. The van der Waals surface area contributed by atoms with E-state index in [0.717, 1.165) is 29.8 Å². The van der Waals surface area contributed by atoms with Gasteiger partial charge in [0.05, 0.1) is 5.39 Å². The van der Waals surface area contributed by atoms with Crippen LogP contribution in [0.4, 0.5) is 5.82 Å². The number of amides is 1. The lowest BCUT2D eigenvalue weighted by Crippen LogP contribution is -2.38. The van der Waals surface area contributed by atoms with Gasteiger partial charge in [0.1, 0.15) is 17.2 Å². The van der Waals surface area contributed by atoms with Crippen LogP contribution < -0.4 is 21.5 Å². The van der Waals surface area contributed by atoms with Gasteiger partial charge in [0.15, 0.2) is 0 Å². The monoisotopic (exact) mass is 410 g/mol. The summed E-state index contributed by atoms with van der Waals surface area (Å²) in [6.45, 7) is 4.03. The van der Waals surface area contributed by atoms with Crippen LogP contribution in [-0.2, 0) is 20.6 Å². The first-order chi connectivity index (χ1) is 14.4. The predicted molar refractivity (Wildman–Crippen MR) is 115 cm³/mol. The number of nitrogens with zero attached hydrogens (tertiary/aromatic N) is 5. The second-order valence-electron chi connectivity index (χ2n) is 7.72. The third kappa shape index (κ3) is 3.30. The van der Waals surface area contributed by atoms with E-state index in [9.17, 15) is 14.4 Å². The van der Waals surface area contributed by atoms with E-state index in [2.05, 4.69) is 15.2 Å². The van der Waals surface area contributed by atoms with Crippen LogP contribution in [0.25, 0.3) is 11.0 Å². The number of carbonyl (C=O) groups is 1. The molecule has 0 spiro atoms. The standard InChI is InChI=1S/C21H26N6O3/c1-4-10-27-16(12-15-19(27)24(2)21(30)25(3)20(15)29)18(28)23-14-8-11-26(13-14)17-7-5-6-9-22-17/h5-7,9,12,14H,4,8,10-11,13H2,1-3H3,(H,23,28). The first-order valence-electron chi connectivity index (χ1n) is 10.2. The van der Waals surface area contributed by atoms with Gasteiger partial charge in [0, 0.05) is 46.0 Å². The number of nitrogens with one attached hydrogen (secondary N) is 1. The van der Waals surface area contributed by atoms with Crippen LogP contribution in [-0.4, -0.2) is 43.7 Å². The smallest absolute Gasteiger partial charge is 0.332 e. The third-order valence-electron chi connectivity index (χ3n) is 5.67. The van der Waals surface area contributed by atoms with E-state index >= 15 is 0 Å². The number of hydrogen-bond donors (Lipinski definition) is 1. The molecule has 0 aliphatic carbocycles. The number of anilines is 1. The van der Waals surface area contributed by atoms with Crippen LogP contribution in [0.2, 0.25) is 0 Å². The molecule has 1 unspecified atom stereocenters. The molecule has 4 heterocycles. The van der Waals surface area contributed by atoms with Gasteiger partial charge >= 0.3 is 5.69 Å². The molecule has 4 rings (SSSR count). The zero-order chi connectivity index (χ0) is 21.4. The van der Waals surface area contributed by atoms with Crippen molar-refractivity contribution in [1.82, 2.24) is 24.0 Å². The Labute approximate surface area is 173 Å². The Morgan fingerprint density at radius 1 is 1.23 bits per heavy atom. The molecule has 1 fully saturated rings. The molecule has 0 bridgehead atoms. The summed E-state index contributed by atoms with van der Waals surface area (Å²) >= 11 is 0. The minimum absolute atomic E-state index is 0.0146. The van der Waals surface area contributed by atoms with Crippen molar-refractivity contribution in [3.63, 3.8) is 0 Å². The van der Waals surface area contributed by atoms with E-state index in [-0.39, 0.29) is 17.5 Å². The Hall–Kier alpha value is -3.36. The highest BCUT2D eigenvalue weighted by molar-refractivity contribution is 5.98. The van der Waals surface area contributed by atoms with E-state index in [1.165, 1.54) is 11.6 Å². The van der Waals surface area contributed by atoms with Crippen LogP contribution in [0.5, 0.6) is 0 Å². The van der Waals surface area contributed by atoms with Crippen molar-refractivity contribution in [2.24, 2.45) is 14.1 Å². The van der Waals surface area contributed by atoms with Gasteiger partial charge in [0.25, 0.3) is 11.5 Å². The molecule has 30 heavy (non-hydrogen) atoms. The molecule has 1 amide bonds. The number of hydrogen-bond acceptors (Lipinski definition) is 5. The molecule has 3 aromatic heterocycles. The Balaban J connectivity index is 1.64. The lowest BCUT2D eigenvalue weighted by atomic mass is 10.2. The minimum Gasteiger partial charge on any atom is -0.354 e. The molecule has 9 heteroatoms. The van der Waals surface area contributed by atoms with E-state index in [1.54, 1.807) is 23.9 Å². The predicted octanol–water partition coefficient (Wildman–Crippen LogP) is 0.852. The van der Waals surface area contributed by atoms with Crippen LogP contribution in [0.3, 0.4) is 0 Å². The molecule has 1 atom stereocenters. The molecule has 1 aliphatic rings. The molecule has 9 nitrogen and oxygen atoms in total. The van der Waals surface area contributed by atoms with Crippen molar-refractivity contribution in [2.75, 3.05) is 18.0 Å². The molecule has 158 valence electrons. The molecular formula is C21H26N6O3. The number of carbonyl (C=O) groups excluding carboxylic acids is 1. The molecule has 0 aromatic carbocycles. The Bertz CT molecular complexity index is 1210. The first-order valence-corrected chi connectivity index (χ1v) is 10.2. The van der Waals surface area contributed by atoms with E-state index in [1.807, 2.05) is 25.1 Å². The van der Waals surface area contributed by atoms with Crippen LogP contribution in [0.1, 0.15) is 30.3 Å². The molecule has 0 saturated carbocycles. The van der Waals surface area contributed by atoms with Crippen LogP contribution in [0, 0.1) is 0 Å². The zero-order valence-corrected chi connectivity index (χ0v) is 17.5. The number of aryl methyl sites for hydroxylation is 2. The molecule has 3 aromatic rings. The number of rotatable bonds is 5. The minimum atomic E-state index is -0.406. The largest absolute Gasteiger partial charge is 0.354 e. The summed E-state index contributed by atoms with van der Waals surface area (Å²) in [6.07, 6.45) is 3.34. The van der Waals surface area contributed by atoms with Gasteiger partial charge in [-0.1, -0.05) is 13.0 Å². The molecule has 0 radical (unpaired) electrons. The van der Waals surface area contributed by atoms with Gasteiger partial charge in [-0.05, 0) is 31.0 Å². The van der Waals surface area contributed by atoms with Crippen molar-refractivity contribution in [2.45, 2.75) is 32.4 Å². The third-order valence-corrected chi connectivity index (χ3v) is 5.67. The van der Waals surface area contributed by atoms with Gasteiger partial charge in [0.2, 0.25) is 0 Å². The van der Waals surface area contributed by atoms with Crippen LogP contribution >= 0.6 is 0 Å². The second kappa shape index (κ2) is 7.81. The quantitative estimate of drug-likeness (QED) is 0.673. The van der Waals surface area contributed by atoms with Crippen molar-refractivity contribution < 1.29 is 4.79 Å². The van der Waals surface area contributed by atoms with Gasteiger partial charge in [-0.3, -0.25) is 18.7 Å². The topological polar surface area (TPSA) is 94.2 Å². The number of aromatic nitrogens is 4. The summed E-state index contributed by atoms with van der Waals surface area (Å²) in [5.41, 5.74) is 0.0916. The summed E-state index contributed by atoms with van der Waals surface area (Å²) in [4.78, 5) is 44.7. The fourth-order valence-corrected chi connectivity index (χ4v) is 4.17. The zero-order valence-electron chi connectivity index (χ0n) is 17.5. The maximum absolute atomic E-state index is 13.1. The fourth-order valence-electron chi connectivity index (χ4n) is 4.17. The van der Waals surface area contributed by atoms with Crippen molar-refractivity contribution in [3.8, 4) is 0 Å². The lowest BCUT2D eigenvalue weighted by molar-refractivity contribution is 0.0931. The summed E-state index contributed by atoms with van der Waals surface area (Å²) in [7, 11) is 3.07. The normalized spacial score (nSPS) is 16.4. The summed E-state index contributed by atoms with van der Waals surface area (Å²) in [5.74, 6) is 0.662. The van der Waals surface area contributed by atoms with E-state index in [4.69, 9.17) is 0 Å². The van der Waals surface area contributed by atoms with Crippen LogP contribution in [0.15, 0.2) is 40.1 Å². The Morgan fingerprint density at radius 2 is 2.03 bits per heavy atom. The summed E-state index contributed by atoms with van der Waals surface area (Å²) in [6, 6.07) is 7.37. The average molecular weight is 410 g/mol. The lowest BCUT2D eigenvalue weighted by Gasteiger charge is -2.18. The van der Waals surface area contributed by atoms with Gasteiger partial charge in [-0.2, -0.15) is 0 Å². The van der Waals surface area contributed by atoms with Crippen molar-refractivity contribution in [1.29, 1.82) is 0 Å². The highest BCUT2D eigenvalue weighted by Crippen LogP contribution is 2.20. The highest BCUT2D eigenvalue weighted by atomic mass is 16.2. The second-order valence-corrected chi connectivity index (χ2v) is 7.72. The molecule has 1 N–H and O–H groups in total. The fraction of sp³-hybridized carbons (Fsp3) is 0.429. The van der Waals surface area contributed by atoms with Crippen molar-refractivity contribution in [3.05, 3.63) is 57.0 Å². The van der Waals surface area contributed by atoms with Gasteiger partial charge in [-0.15, -0.1) is 0 Å². The molecular weight excluding hydrogens is 384 g/mol. The maximum atomic E-state index is 13.1. The van der Waals surface area contributed by atoms with Crippen molar-refractivity contribution >= 4 is 22.8 Å². The highest BCUT2D eigenvalue weighted by Gasteiger charge is 2.27. The SMILES string of the molecule is CCCn1c(C(=O)NC2CCN(c3ccccn3)C2)cc2c(=O)n(C)c(=O)n(C)c21. The summed E-state index contributed by atoms with van der Waals surface area (Å²) in [5, 5.41) is 3.47. The van der Waals surface area contributed by atoms with Gasteiger partial charge < -0.3 is 14.8 Å². The maximum Gasteiger partial charge on any atom is 0.332 e. The number of pyridine rings is 1. The summed E-state index contributed by atoms with van der Waals surface area (Å²) < 4.78 is 4.28. The first kappa shape index (κ1) is 19.9. The molecule has 1 aliphatic heterocycles. The van der Waals surface area contributed by atoms with E-state index in [0.29, 0.717) is 29.8 Å². The van der Waals surface area contributed by atoms with E-state index < -0.39 is 5.69 Å². The number of fused-ring (bicyclic) bond motifs is 1. The Morgan fingerprint density at radius 3 is 2.73 bits per heavy atom. The van der Waals surface area contributed by atoms with Gasteiger partial charge in [-0.25, -0.2) is 9.78 Å². The average Bonchev–Trinajstić information content (AvgIpc) is 3.37. The Kier molecular flexibility index (Phi) is 5.19.